The minimum absolute atomic E-state index is 0.618. The normalized spacial score (nSPS) is 10.2. The molecule has 3 heteroatoms. The van der Waals surface area contributed by atoms with E-state index in [1.165, 1.54) is 11.1 Å². The van der Waals surface area contributed by atoms with Crippen LogP contribution in [-0.4, -0.2) is 6.29 Å². The maximum atomic E-state index is 11.5. The molecule has 0 saturated carbocycles. The number of aryl methyl sites for hydroxylation is 2. The lowest BCUT2D eigenvalue weighted by Crippen LogP contribution is -2.01. The maximum Gasteiger partial charge on any atom is 0.152 e. The van der Waals surface area contributed by atoms with Gasteiger partial charge >= 0.3 is 0 Å². The molecular weight excluding hydrogens is 296 g/mol. The molecule has 0 saturated heterocycles. The van der Waals surface area contributed by atoms with Crippen LogP contribution in [0.5, 0.6) is 0 Å². The number of hydrogen-bond donors (Lipinski definition) is 2. The third kappa shape index (κ3) is 3.63. The molecule has 0 amide bonds. The van der Waals surface area contributed by atoms with E-state index in [-0.39, 0.29) is 0 Å². The Labute approximate surface area is 142 Å². The van der Waals surface area contributed by atoms with Crippen molar-refractivity contribution in [3.05, 3.63) is 83.4 Å². The smallest absolute Gasteiger partial charge is 0.152 e. The van der Waals surface area contributed by atoms with Crippen LogP contribution in [0.15, 0.2) is 66.7 Å². The Balaban J connectivity index is 1.95. The average molecular weight is 316 g/mol. The summed E-state index contributed by atoms with van der Waals surface area (Å²) in [6.07, 6.45) is 0.872. The van der Waals surface area contributed by atoms with Gasteiger partial charge in [-0.15, -0.1) is 0 Å². The first-order valence-corrected chi connectivity index (χ1v) is 7.91. The second-order valence-corrected chi connectivity index (χ2v) is 5.87. The Hall–Kier alpha value is -3.07. The first-order chi connectivity index (χ1) is 11.7. The molecule has 3 aromatic carbocycles. The number of hydrogen-bond acceptors (Lipinski definition) is 3. The first-order valence-electron chi connectivity index (χ1n) is 7.91. The van der Waals surface area contributed by atoms with E-state index in [9.17, 15) is 4.79 Å². The zero-order valence-corrected chi connectivity index (χ0v) is 13.8. The van der Waals surface area contributed by atoms with Gasteiger partial charge in [0, 0.05) is 16.9 Å². The molecule has 0 aliphatic heterocycles. The Morgan fingerprint density at radius 1 is 0.708 bits per heavy atom. The minimum Gasteiger partial charge on any atom is -0.354 e. The van der Waals surface area contributed by atoms with Crippen molar-refractivity contribution in [3.8, 4) is 0 Å². The Bertz CT molecular complexity index is 837. The van der Waals surface area contributed by atoms with Crippen LogP contribution in [0.3, 0.4) is 0 Å². The molecule has 0 aromatic heterocycles. The summed E-state index contributed by atoms with van der Waals surface area (Å²) in [6, 6.07) is 21.9. The summed E-state index contributed by atoms with van der Waals surface area (Å²) in [6.45, 7) is 4.11. The van der Waals surface area contributed by atoms with Crippen molar-refractivity contribution in [2.24, 2.45) is 0 Å². The van der Waals surface area contributed by atoms with Crippen molar-refractivity contribution < 1.29 is 4.79 Å². The van der Waals surface area contributed by atoms with Crippen LogP contribution in [0.4, 0.5) is 22.7 Å². The fourth-order valence-corrected chi connectivity index (χ4v) is 2.49. The highest BCUT2D eigenvalue weighted by Crippen LogP contribution is 2.31. The molecule has 3 aromatic rings. The molecule has 0 bridgehead atoms. The van der Waals surface area contributed by atoms with E-state index in [1.54, 1.807) is 0 Å². The second-order valence-electron chi connectivity index (χ2n) is 5.87. The molecule has 2 N–H and O–H groups in total. The van der Waals surface area contributed by atoms with Gasteiger partial charge in [0.05, 0.1) is 11.4 Å². The van der Waals surface area contributed by atoms with Crippen molar-refractivity contribution in [1.29, 1.82) is 0 Å². The molecule has 0 radical (unpaired) electrons. The summed E-state index contributed by atoms with van der Waals surface area (Å²) in [5, 5.41) is 6.74. The lowest BCUT2D eigenvalue weighted by molar-refractivity contribution is 0.112. The monoisotopic (exact) mass is 316 g/mol. The topological polar surface area (TPSA) is 41.1 Å². The van der Waals surface area contributed by atoms with Crippen molar-refractivity contribution in [2.75, 3.05) is 10.6 Å². The van der Waals surface area contributed by atoms with Crippen LogP contribution in [0.25, 0.3) is 0 Å². The highest BCUT2D eigenvalue weighted by molar-refractivity contribution is 5.93. The summed E-state index contributed by atoms with van der Waals surface area (Å²) < 4.78 is 0. The maximum absolute atomic E-state index is 11.5. The van der Waals surface area contributed by atoms with E-state index < -0.39 is 0 Å². The predicted molar refractivity (Wildman–Crippen MR) is 101 cm³/mol. The third-order valence-corrected chi connectivity index (χ3v) is 3.88. The van der Waals surface area contributed by atoms with Gasteiger partial charge in [-0.05, 0) is 50.2 Å². The van der Waals surface area contributed by atoms with Gasteiger partial charge < -0.3 is 10.6 Å². The van der Waals surface area contributed by atoms with Crippen molar-refractivity contribution in [1.82, 2.24) is 0 Å². The molecule has 0 unspecified atom stereocenters. The molecule has 0 atom stereocenters. The Morgan fingerprint density at radius 3 is 1.79 bits per heavy atom. The molecule has 0 heterocycles. The van der Waals surface area contributed by atoms with Gasteiger partial charge in [-0.1, -0.05) is 41.5 Å². The Morgan fingerprint density at radius 2 is 1.25 bits per heavy atom. The summed E-state index contributed by atoms with van der Waals surface area (Å²) in [5.74, 6) is 0. The Kier molecular flexibility index (Phi) is 4.62. The molecule has 0 aliphatic carbocycles. The lowest BCUT2D eigenvalue weighted by atomic mass is 10.1. The van der Waals surface area contributed by atoms with E-state index in [0.29, 0.717) is 5.56 Å². The van der Waals surface area contributed by atoms with Crippen LogP contribution in [0.1, 0.15) is 21.5 Å². The largest absolute Gasteiger partial charge is 0.354 e. The fourth-order valence-electron chi connectivity index (χ4n) is 2.49. The number of carbonyl (C=O) groups excluding carboxylic acids is 1. The number of para-hydroxylation sites is 1. The van der Waals surface area contributed by atoms with Gasteiger partial charge in [-0.2, -0.15) is 0 Å². The van der Waals surface area contributed by atoms with Crippen LogP contribution >= 0.6 is 0 Å². The summed E-state index contributed by atoms with van der Waals surface area (Å²) in [4.78, 5) is 11.5. The predicted octanol–water partition coefficient (Wildman–Crippen LogP) is 5.60. The zero-order valence-electron chi connectivity index (χ0n) is 13.8. The van der Waals surface area contributed by atoms with Gasteiger partial charge in [0.2, 0.25) is 0 Å². The minimum atomic E-state index is 0.618. The zero-order chi connectivity index (χ0) is 16.9. The van der Waals surface area contributed by atoms with Gasteiger partial charge in [0.15, 0.2) is 6.29 Å². The number of aldehydes is 1. The van der Waals surface area contributed by atoms with Crippen molar-refractivity contribution in [2.45, 2.75) is 13.8 Å². The number of rotatable bonds is 5. The van der Waals surface area contributed by atoms with Crippen LogP contribution in [0, 0.1) is 13.8 Å². The molecule has 24 heavy (non-hydrogen) atoms. The standard InChI is InChI=1S/C21H20N2O/c1-15-6-10-18(11-7-15)22-20-5-3-4-17(14-24)21(20)23-19-12-8-16(2)9-13-19/h3-14,22-23H,1-2H3. The van der Waals surface area contributed by atoms with Gasteiger partial charge in [0.1, 0.15) is 0 Å². The quantitative estimate of drug-likeness (QED) is 0.602. The number of carbonyl (C=O) groups is 1. The highest BCUT2D eigenvalue weighted by atomic mass is 16.1. The average Bonchev–Trinajstić information content (AvgIpc) is 2.60. The fraction of sp³-hybridized carbons (Fsp3) is 0.0952. The van der Waals surface area contributed by atoms with Crippen LogP contribution in [-0.2, 0) is 0 Å². The molecule has 120 valence electrons. The van der Waals surface area contributed by atoms with E-state index in [0.717, 1.165) is 29.0 Å². The van der Waals surface area contributed by atoms with Crippen molar-refractivity contribution >= 4 is 29.0 Å². The van der Waals surface area contributed by atoms with E-state index in [4.69, 9.17) is 0 Å². The van der Waals surface area contributed by atoms with Gasteiger partial charge in [-0.3, -0.25) is 4.79 Å². The summed E-state index contributed by atoms with van der Waals surface area (Å²) in [5.41, 5.74) is 6.59. The molecule has 0 aliphatic rings. The molecular formula is C21H20N2O. The molecule has 3 rings (SSSR count). The van der Waals surface area contributed by atoms with Crippen molar-refractivity contribution in [3.63, 3.8) is 0 Å². The molecule has 0 fully saturated rings. The SMILES string of the molecule is Cc1ccc(Nc2cccc(C=O)c2Nc2ccc(C)cc2)cc1. The van der Waals surface area contributed by atoms with E-state index in [2.05, 4.69) is 29.7 Å². The highest BCUT2D eigenvalue weighted by Gasteiger charge is 2.09. The third-order valence-electron chi connectivity index (χ3n) is 3.88. The number of benzene rings is 3. The summed E-state index contributed by atoms with van der Waals surface area (Å²) in [7, 11) is 0. The van der Waals surface area contributed by atoms with Gasteiger partial charge in [-0.25, -0.2) is 0 Å². The molecule has 3 nitrogen and oxygen atoms in total. The second kappa shape index (κ2) is 7.01. The number of nitrogens with one attached hydrogen (secondary N) is 2. The number of anilines is 4. The van der Waals surface area contributed by atoms with E-state index >= 15 is 0 Å². The first kappa shape index (κ1) is 15.8. The summed E-state index contributed by atoms with van der Waals surface area (Å²) >= 11 is 0. The lowest BCUT2D eigenvalue weighted by Gasteiger charge is -2.16. The van der Waals surface area contributed by atoms with Gasteiger partial charge in [0.25, 0.3) is 0 Å². The van der Waals surface area contributed by atoms with Crippen LogP contribution in [0.2, 0.25) is 0 Å². The van der Waals surface area contributed by atoms with Crippen LogP contribution < -0.4 is 10.6 Å². The van der Waals surface area contributed by atoms with E-state index in [1.807, 2.05) is 61.5 Å². The molecule has 0 spiro atoms.